The van der Waals surface area contributed by atoms with Gasteiger partial charge in [-0.2, -0.15) is 0 Å². The molecule has 2 aliphatic heterocycles. The van der Waals surface area contributed by atoms with Crippen LogP contribution < -0.4 is 4.90 Å². The number of carbonyl (C=O) groups excluding carboxylic acids is 2. The van der Waals surface area contributed by atoms with Crippen molar-refractivity contribution in [3.05, 3.63) is 10.6 Å². The van der Waals surface area contributed by atoms with Gasteiger partial charge < -0.3 is 19.6 Å². The maximum Gasteiger partial charge on any atom is 0.226 e. The summed E-state index contributed by atoms with van der Waals surface area (Å²) in [4.78, 5) is 39.6. The molecule has 0 aromatic carbocycles. The van der Waals surface area contributed by atoms with Crippen LogP contribution in [0, 0.1) is 5.92 Å². The smallest absolute Gasteiger partial charge is 0.226 e. The highest BCUT2D eigenvalue weighted by Gasteiger charge is 2.32. The zero-order valence-electron chi connectivity index (χ0n) is 17.0. The molecule has 1 aromatic heterocycles. The fraction of sp³-hybridized carbons (Fsp3) is 0.750. The van der Waals surface area contributed by atoms with Crippen LogP contribution in [0.4, 0.5) is 5.13 Å². The number of anilines is 1. The normalized spacial score (nSPS) is 23.6. The molecule has 1 aromatic rings. The molecule has 0 bridgehead atoms. The number of fused-ring (bicyclic) bond motifs is 1. The number of amides is 2. The van der Waals surface area contributed by atoms with Gasteiger partial charge in [0.25, 0.3) is 0 Å². The number of thiazole rings is 1. The number of aryl methyl sites for hydroxylation is 1. The van der Waals surface area contributed by atoms with Crippen LogP contribution in [-0.2, 0) is 22.4 Å². The van der Waals surface area contributed by atoms with Crippen LogP contribution in [0.5, 0.6) is 0 Å². The number of carbonyl (C=O) groups is 2. The highest BCUT2D eigenvalue weighted by Crippen LogP contribution is 2.35. The maximum absolute atomic E-state index is 13.0. The number of aromatic nitrogens is 1. The first-order valence-electron chi connectivity index (χ1n) is 10.5. The number of hydrogen-bond acceptors (Lipinski definition) is 6. The molecule has 0 radical (unpaired) electrons. The molecule has 2 saturated heterocycles. The second kappa shape index (κ2) is 8.37. The van der Waals surface area contributed by atoms with E-state index in [0.29, 0.717) is 12.3 Å². The summed E-state index contributed by atoms with van der Waals surface area (Å²) in [5.41, 5.74) is 1.19. The van der Waals surface area contributed by atoms with E-state index >= 15 is 0 Å². The fourth-order valence-electron chi connectivity index (χ4n) is 4.36. The molecule has 8 heteroatoms. The van der Waals surface area contributed by atoms with Crippen molar-refractivity contribution in [2.24, 2.45) is 5.92 Å². The molecule has 1 aliphatic carbocycles. The SMILES string of the molecule is CCC(=O)N1CCN(c2nc3c(s2)CC(C(=O)N2CCN(C)CC2)CC3)CC1. The van der Waals surface area contributed by atoms with E-state index in [0.717, 1.165) is 76.8 Å². The Hall–Kier alpha value is -1.67. The highest BCUT2D eigenvalue weighted by molar-refractivity contribution is 7.15. The molecule has 4 rings (SSSR count). The van der Waals surface area contributed by atoms with Crippen LogP contribution in [0.15, 0.2) is 0 Å². The van der Waals surface area contributed by atoms with E-state index in [1.54, 1.807) is 11.3 Å². The highest BCUT2D eigenvalue weighted by atomic mass is 32.1. The summed E-state index contributed by atoms with van der Waals surface area (Å²) in [5, 5.41) is 1.07. The molecule has 1 atom stereocenters. The minimum atomic E-state index is 0.114. The molecule has 3 heterocycles. The molecule has 0 saturated carbocycles. The van der Waals surface area contributed by atoms with E-state index in [1.807, 2.05) is 11.8 Å². The van der Waals surface area contributed by atoms with E-state index in [1.165, 1.54) is 10.6 Å². The van der Waals surface area contributed by atoms with Crippen molar-refractivity contribution in [3.8, 4) is 0 Å². The van der Waals surface area contributed by atoms with Crippen molar-refractivity contribution in [1.82, 2.24) is 19.7 Å². The molecule has 3 aliphatic rings. The first-order valence-corrected chi connectivity index (χ1v) is 11.4. The van der Waals surface area contributed by atoms with E-state index in [9.17, 15) is 9.59 Å². The summed E-state index contributed by atoms with van der Waals surface area (Å²) in [5.74, 6) is 0.687. The lowest BCUT2D eigenvalue weighted by molar-refractivity contribution is -0.137. The minimum Gasteiger partial charge on any atom is -0.345 e. The van der Waals surface area contributed by atoms with E-state index in [2.05, 4.69) is 21.7 Å². The maximum atomic E-state index is 13.0. The molecule has 0 N–H and O–H groups in total. The molecule has 154 valence electrons. The monoisotopic (exact) mass is 405 g/mol. The van der Waals surface area contributed by atoms with Gasteiger partial charge in [-0.25, -0.2) is 4.98 Å². The first kappa shape index (κ1) is 19.6. The minimum absolute atomic E-state index is 0.114. The molecule has 28 heavy (non-hydrogen) atoms. The Balaban J connectivity index is 1.36. The average molecular weight is 406 g/mol. The number of nitrogens with zero attached hydrogens (tertiary/aromatic N) is 5. The zero-order chi connectivity index (χ0) is 19.7. The standard InChI is InChI=1S/C20H31N5O2S/c1-3-18(26)23-10-12-25(13-11-23)20-21-16-5-4-15(14-17(16)28-20)19(27)24-8-6-22(2)7-9-24/h15H,3-14H2,1-2H3. The summed E-state index contributed by atoms with van der Waals surface area (Å²) in [7, 11) is 2.12. The lowest BCUT2D eigenvalue weighted by Crippen LogP contribution is -2.49. The van der Waals surface area contributed by atoms with Gasteiger partial charge in [-0.15, -0.1) is 11.3 Å². The Morgan fingerprint density at radius 1 is 1.04 bits per heavy atom. The predicted octanol–water partition coefficient (Wildman–Crippen LogP) is 1.08. The molecule has 7 nitrogen and oxygen atoms in total. The van der Waals surface area contributed by atoms with Crippen LogP contribution in [-0.4, -0.2) is 90.9 Å². The Kier molecular flexibility index (Phi) is 5.87. The molecular weight excluding hydrogens is 374 g/mol. The molecular formula is C20H31N5O2S. The Bertz CT molecular complexity index is 720. The largest absolute Gasteiger partial charge is 0.345 e. The van der Waals surface area contributed by atoms with Gasteiger partial charge in [0, 0.05) is 69.6 Å². The van der Waals surface area contributed by atoms with E-state index in [-0.39, 0.29) is 11.8 Å². The van der Waals surface area contributed by atoms with Crippen molar-refractivity contribution in [1.29, 1.82) is 0 Å². The van der Waals surface area contributed by atoms with Gasteiger partial charge in [0.15, 0.2) is 5.13 Å². The van der Waals surface area contributed by atoms with Crippen molar-refractivity contribution >= 4 is 28.3 Å². The van der Waals surface area contributed by atoms with E-state index < -0.39 is 0 Å². The summed E-state index contributed by atoms with van der Waals surface area (Å²) in [6.07, 6.45) is 3.24. The van der Waals surface area contributed by atoms with Gasteiger partial charge in [0.2, 0.25) is 11.8 Å². The number of rotatable bonds is 3. The summed E-state index contributed by atoms with van der Waals surface area (Å²) in [6.45, 7) is 8.83. The van der Waals surface area contributed by atoms with Crippen LogP contribution in [0.1, 0.15) is 30.3 Å². The molecule has 1 unspecified atom stereocenters. The van der Waals surface area contributed by atoms with E-state index in [4.69, 9.17) is 4.98 Å². The quantitative estimate of drug-likeness (QED) is 0.753. The molecule has 0 spiro atoms. The molecule has 2 amide bonds. The van der Waals surface area contributed by atoms with Crippen LogP contribution in [0.3, 0.4) is 0 Å². The lowest BCUT2D eigenvalue weighted by Gasteiger charge is -2.35. The second-order valence-electron chi connectivity index (χ2n) is 8.16. The van der Waals surface area contributed by atoms with Gasteiger partial charge in [-0.1, -0.05) is 6.92 Å². The van der Waals surface area contributed by atoms with Gasteiger partial charge in [0.1, 0.15) is 0 Å². The van der Waals surface area contributed by atoms with Crippen molar-refractivity contribution in [2.75, 3.05) is 64.3 Å². The summed E-state index contributed by atoms with van der Waals surface area (Å²) < 4.78 is 0. The topological polar surface area (TPSA) is 60.0 Å². The fourth-order valence-corrected chi connectivity index (χ4v) is 5.60. The number of piperazine rings is 2. The zero-order valence-corrected chi connectivity index (χ0v) is 17.8. The number of hydrogen-bond donors (Lipinski definition) is 0. The van der Waals surface area contributed by atoms with Gasteiger partial charge in [-0.05, 0) is 26.3 Å². The first-order chi connectivity index (χ1) is 13.5. The Labute approximate surface area is 171 Å². The van der Waals surface area contributed by atoms with Crippen LogP contribution in [0.2, 0.25) is 0 Å². The third kappa shape index (κ3) is 4.03. The van der Waals surface area contributed by atoms with Gasteiger partial charge in [0.05, 0.1) is 5.69 Å². The number of likely N-dealkylation sites (N-methyl/N-ethyl adjacent to an activating group) is 1. The van der Waals surface area contributed by atoms with Crippen molar-refractivity contribution < 1.29 is 9.59 Å². The van der Waals surface area contributed by atoms with Crippen molar-refractivity contribution in [2.45, 2.75) is 32.6 Å². The second-order valence-corrected chi connectivity index (χ2v) is 9.22. The summed E-state index contributed by atoms with van der Waals surface area (Å²) >= 11 is 1.76. The Morgan fingerprint density at radius 3 is 2.39 bits per heavy atom. The van der Waals surface area contributed by atoms with Crippen molar-refractivity contribution in [3.63, 3.8) is 0 Å². The Morgan fingerprint density at radius 2 is 1.71 bits per heavy atom. The third-order valence-corrected chi connectivity index (χ3v) is 7.48. The molecule has 2 fully saturated rings. The van der Waals surface area contributed by atoms with Gasteiger partial charge >= 0.3 is 0 Å². The lowest BCUT2D eigenvalue weighted by atomic mass is 9.90. The summed E-state index contributed by atoms with van der Waals surface area (Å²) in [6, 6.07) is 0. The van der Waals surface area contributed by atoms with Crippen LogP contribution in [0.25, 0.3) is 0 Å². The third-order valence-electron chi connectivity index (χ3n) is 6.30. The van der Waals surface area contributed by atoms with Crippen LogP contribution >= 0.6 is 11.3 Å². The average Bonchev–Trinajstić information content (AvgIpc) is 3.16. The van der Waals surface area contributed by atoms with Gasteiger partial charge in [-0.3, -0.25) is 9.59 Å². The predicted molar refractivity (Wildman–Crippen MR) is 111 cm³/mol.